The summed E-state index contributed by atoms with van der Waals surface area (Å²) in [5, 5.41) is 0. The molecule has 0 N–H and O–H groups in total. The fourth-order valence-electron chi connectivity index (χ4n) is 1.37. The van der Waals surface area contributed by atoms with E-state index in [1.54, 1.807) is 6.07 Å². The molecule has 122 valence electrons. The third kappa shape index (κ3) is 5.40. The first kappa shape index (κ1) is 18.0. The highest BCUT2D eigenvalue weighted by atomic mass is 32.2. The topological polar surface area (TPSA) is 57.1 Å². The van der Waals surface area contributed by atoms with Gasteiger partial charge in [0.05, 0.1) is 13.6 Å². The number of sulfonamides is 1. The minimum Gasteiger partial charge on any atom is -0.569 e. The van der Waals surface area contributed by atoms with Crippen LogP contribution in [0.2, 0.25) is 0 Å². The van der Waals surface area contributed by atoms with Gasteiger partial charge in [-0.2, -0.15) is 13.2 Å². The van der Waals surface area contributed by atoms with Crippen LogP contribution in [0.5, 0.6) is 0 Å². The standard InChI is InChI=1S/C7H5F3NO2S.C6H11N2/c8-7(9,10)14(12,13)11-6-4-2-1-3-5-6;1-3-8-5-4-7(2)6-8/h1-5H;4-6H,3H2,1-2H3/q-1;+1. The van der Waals surface area contributed by atoms with Gasteiger partial charge < -0.3 is 4.72 Å². The Hall–Kier alpha value is -2.03. The third-order valence-corrected chi connectivity index (χ3v) is 3.50. The van der Waals surface area contributed by atoms with Gasteiger partial charge in [0.2, 0.25) is 6.33 Å². The maximum Gasteiger partial charge on any atom is 0.483 e. The molecule has 0 aliphatic rings. The quantitative estimate of drug-likeness (QED) is 0.810. The number of nitrogens with zero attached hydrogens (tertiary/aromatic N) is 3. The van der Waals surface area contributed by atoms with Crippen LogP contribution in [0, 0.1) is 0 Å². The Bertz CT molecular complexity index is 682. The SMILES string of the molecule is CCn1cc[n+](C)c1.O=S(=O)([N-]c1ccccc1)C(F)(F)F. The van der Waals surface area contributed by atoms with Crippen LogP contribution in [0.25, 0.3) is 4.72 Å². The molecule has 0 atom stereocenters. The monoisotopic (exact) mass is 335 g/mol. The number of alkyl halides is 3. The molecule has 0 aliphatic carbocycles. The second kappa shape index (κ2) is 7.30. The largest absolute Gasteiger partial charge is 0.569 e. The normalized spacial score (nSPS) is 11.5. The molecule has 0 spiro atoms. The van der Waals surface area contributed by atoms with Crippen LogP contribution in [0.4, 0.5) is 18.9 Å². The molecule has 0 saturated heterocycles. The summed E-state index contributed by atoms with van der Waals surface area (Å²) in [6, 6.07) is 6.67. The van der Waals surface area contributed by atoms with Crippen molar-refractivity contribution in [2.45, 2.75) is 19.0 Å². The van der Waals surface area contributed by atoms with Gasteiger partial charge in [-0.15, -0.1) is 5.69 Å². The summed E-state index contributed by atoms with van der Waals surface area (Å²) in [6.07, 6.45) is 6.14. The van der Waals surface area contributed by atoms with Crippen molar-refractivity contribution in [3.8, 4) is 0 Å². The minimum atomic E-state index is -5.43. The molecule has 1 aromatic heterocycles. The number of rotatable bonds is 3. The van der Waals surface area contributed by atoms with Crippen LogP contribution in [0.3, 0.4) is 0 Å². The first-order chi connectivity index (χ1) is 10.2. The lowest BCUT2D eigenvalue weighted by Gasteiger charge is -2.22. The van der Waals surface area contributed by atoms with Crippen molar-refractivity contribution >= 4 is 15.7 Å². The fraction of sp³-hybridized carbons (Fsp3) is 0.308. The van der Waals surface area contributed by atoms with E-state index in [1.807, 2.05) is 17.8 Å². The summed E-state index contributed by atoms with van der Waals surface area (Å²) < 4.78 is 63.3. The molecule has 9 heteroatoms. The Balaban J connectivity index is 0.000000255. The summed E-state index contributed by atoms with van der Waals surface area (Å²) in [4.78, 5) is 0. The Morgan fingerprint density at radius 3 is 2.18 bits per heavy atom. The van der Waals surface area contributed by atoms with Gasteiger partial charge in [0.15, 0.2) is 10.0 Å². The summed E-state index contributed by atoms with van der Waals surface area (Å²) >= 11 is 0. The highest BCUT2D eigenvalue weighted by Gasteiger charge is 2.39. The average molecular weight is 335 g/mol. The predicted molar refractivity (Wildman–Crippen MR) is 75.7 cm³/mol. The van der Waals surface area contributed by atoms with Crippen LogP contribution in [-0.4, -0.2) is 18.5 Å². The van der Waals surface area contributed by atoms with E-state index in [1.165, 1.54) is 24.3 Å². The zero-order valence-corrected chi connectivity index (χ0v) is 12.8. The predicted octanol–water partition coefficient (Wildman–Crippen LogP) is 2.87. The first-order valence-corrected chi connectivity index (χ1v) is 7.70. The van der Waals surface area contributed by atoms with Gasteiger partial charge in [-0.25, -0.2) is 17.6 Å². The van der Waals surface area contributed by atoms with Crippen LogP contribution >= 0.6 is 0 Å². The molecule has 22 heavy (non-hydrogen) atoms. The van der Waals surface area contributed by atoms with E-state index >= 15 is 0 Å². The maximum absolute atomic E-state index is 11.8. The molecular weight excluding hydrogens is 319 g/mol. The lowest BCUT2D eigenvalue weighted by atomic mass is 10.3. The highest BCUT2D eigenvalue weighted by Crippen LogP contribution is 2.33. The zero-order chi connectivity index (χ0) is 16.8. The van der Waals surface area contributed by atoms with E-state index in [9.17, 15) is 21.6 Å². The molecule has 0 radical (unpaired) electrons. The lowest BCUT2D eigenvalue weighted by molar-refractivity contribution is -0.671. The van der Waals surface area contributed by atoms with Gasteiger partial charge in [0, 0.05) is 0 Å². The van der Waals surface area contributed by atoms with Crippen LogP contribution in [0.15, 0.2) is 49.1 Å². The van der Waals surface area contributed by atoms with Crippen LogP contribution < -0.4 is 4.57 Å². The second-order valence-corrected chi connectivity index (χ2v) is 5.85. The molecule has 2 aromatic rings. The zero-order valence-electron chi connectivity index (χ0n) is 12.0. The first-order valence-electron chi connectivity index (χ1n) is 6.26. The number of aromatic nitrogens is 2. The van der Waals surface area contributed by atoms with Gasteiger partial charge in [0.25, 0.3) is 0 Å². The number of hydrogen-bond donors (Lipinski definition) is 0. The Kier molecular flexibility index (Phi) is 5.98. The Morgan fingerprint density at radius 2 is 1.82 bits per heavy atom. The Labute approximate surface area is 127 Å². The molecule has 0 saturated carbocycles. The third-order valence-electron chi connectivity index (χ3n) is 2.46. The number of halogens is 3. The maximum atomic E-state index is 11.8. The van der Waals surface area contributed by atoms with Gasteiger partial charge in [0.1, 0.15) is 12.4 Å². The molecule has 0 aliphatic heterocycles. The molecule has 1 heterocycles. The Morgan fingerprint density at radius 1 is 1.23 bits per heavy atom. The van der Waals surface area contributed by atoms with Crippen molar-refractivity contribution in [3.05, 3.63) is 53.8 Å². The molecule has 0 unspecified atom stereocenters. The molecule has 0 bridgehead atoms. The molecule has 1 aromatic carbocycles. The van der Waals surface area contributed by atoms with E-state index in [-0.39, 0.29) is 5.69 Å². The van der Waals surface area contributed by atoms with E-state index in [4.69, 9.17) is 0 Å². The lowest BCUT2D eigenvalue weighted by Crippen LogP contribution is -2.23. The van der Waals surface area contributed by atoms with E-state index in [0.717, 1.165) is 6.54 Å². The van der Waals surface area contributed by atoms with Crippen molar-refractivity contribution in [2.24, 2.45) is 7.05 Å². The smallest absolute Gasteiger partial charge is 0.483 e. The minimum absolute atomic E-state index is 0.246. The van der Waals surface area contributed by atoms with Gasteiger partial charge in [-0.05, 0) is 6.92 Å². The number of benzene rings is 1. The number of imidazole rings is 1. The van der Waals surface area contributed by atoms with Crippen molar-refractivity contribution in [3.63, 3.8) is 0 Å². The van der Waals surface area contributed by atoms with E-state index < -0.39 is 15.5 Å². The molecule has 0 amide bonds. The summed E-state index contributed by atoms with van der Waals surface area (Å²) in [7, 11) is -3.41. The fourth-order valence-corrected chi connectivity index (χ4v) is 1.87. The molecule has 2 rings (SSSR count). The molecule has 0 fully saturated rings. The second-order valence-electron chi connectivity index (χ2n) is 4.26. The van der Waals surface area contributed by atoms with Crippen molar-refractivity contribution < 1.29 is 26.2 Å². The summed E-state index contributed by atoms with van der Waals surface area (Å²) in [5.41, 5.74) is -5.59. The van der Waals surface area contributed by atoms with Crippen LogP contribution in [0.1, 0.15) is 6.92 Å². The van der Waals surface area contributed by atoms with Gasteiger partial charge >= 0.3 is 5.51 Å². The highest BCUT2D eigenvalue weighted by molar-refractivity contribution is 7.95. The van der Waals surface area contributed by atoms with E-state index in [0.29, 0.717) is 0 Å². The van der Waals surface area contributed by atoms with Gasteiger partial charge in [-0.1, -0.05) is 30.3 Å². The average Bonchev–Trinajstić information content (AvgIpc) is 2.85. The number of hydrogen-bond acceptors (Lipinski definition) is 2. The van der Waals surface area contributed by atoms with E-state index in [2.05, 4.69) is 28.7 Å². The molecular formula is C13H16F3N3O2S. The van der Waals surface area contributed by atoms with Gasteiger partial charge in [-0.3, -0.25) is 0 Å². The summed E-state index contributed by atoms with van der Waals surface area (Å²) in [5.74, 6) is 0. The van der Waals surface area contributed by atoms with Crippen molar-refractivity contribution in [1.82, 2.24) is 4.57 Å². The van der Waals surface area contributed by atoms with Crippen molar-refractivity contribution in [2.75, 3.05) is 0 Å². The molecule has 5 nitrogen and oxygen atoms in total. The number of aryl methyl sites for hydroxylation is 2. The van der Waals surface area contributed by atoms with Crippen molar-refractivity contribution in [1.29, 1.82) is 0 Å². The summed E-state index contributed by atoms with van der Waals surface area (Å²) in [6.45, 7) is 3.18. The van der Waals surface area contributed by atoms with Crippen LogP contribution in [-0.2, 0) is 23.6 Å².